The van der Waals surface area contributed by atoms with Gasteiger partial charge in [0, 0.05) is 13.1 Å². The average molecular weight is 485 g/mol. The predicted octanol–water partition coefficient (Wildman–Crippen LogP) is 4.60. The fourth-order valence-corrected chi connectivity index (χ4v) is 4.47. The van der Waals surface area contributed by atoms with Crippen molar-refractivity contribution in [2.45, 2.75) is 46.0 Å². The minimum atomic E-state index is -4.50. The molecule has 35 heavy (non-hydrogen) atoms. The molecule has 0 spiro atoms. The highest BCUT2D eigenvalue weighted by molar-refractivity contribution is 6.43. The molecular weight excluding hydrogens is 457 g/mol. The maximum atomic E-state index is 13.1. The van der Waals surface area contributed by atoms with E-state index in [9.17, 15) is 22.8 Å². The van der Waals surface area contributed by atoms with E-state index < -0.39 is 23.4 Å². The van der Waals surface area contributed by atoms with Crippen LogP contribution in [-0.4, -0.2) is 39.5 Å². The molecular formula is C26H27F3N4O2. The van der Waals surface area contributed by atoms with E-state index in [4.69, 9.17) is 0 Å². The first kappa shape index (κ1) is 24.7. The van der Waals surface area contributed by atoms with Gasteiger partial charge in [-0.15, -0.1) is 0 Å². The Hall–Kier alpha value is -3.46. The van der Waals surface area contributed by atoms with Crippen LogP contribution >= 0.6 is 0 Å². The van der Waals surface area contributed by atoms with Gasteiger partial charge in [-0.25, -0.2) is 4.68 Å². The predicted molar refractivity (Wildman–Crippen MR) is 125 cm³/mol. The number of hydrogen-bond donors (Lipinski definition) is 1. The fraction of sp³-hybridized carbons (Fsp3) is 0.346. The highest BCUT2D eigenvalue weighted by atomic mass is 19.4. The SMILES string of the molecule is Cc1nn(-c2cccc(C(F)(F)F)c2)c(C)c1C(=O)C(=O)NCc1ccccc1CN1CCCC1. The molecule has 2 aromatic carbocycles. The van der Waals surface area contributed by atoms with Gasteiger partial charge in [0.1, 0.15) is 0 Å². The summed E-state index contributed by atoms with van der Waals surface area (Å²) in [6.45, 7) is 6.21. The standard InChI is InChI=1S/C26H27F3N4O2/c1-17-23(18(2)33(31-17)22-11-7-10-21(14-22)26(27,28)29)24(34)25(35)30-15-19-8-3-4-9-20(19)16-32-12-5-6-13-32/h3-4,7-11,14H,5-6,12-13,15-16H2,1-2H3,(H,30,35). The molecule has 1 saturated heterocycles. The summed E-state index contributed by atoms with van der Waals surface area (Å²) in [6.07, 6.45) is -2.14. The van der Waals surface area contributed by atoms with E-state index in [2.05, 4.69) is 15.3 Å². The summed E-state index contributed by atoms with van der Waals surface area (Å²) in [4.78, 5) is 28.1. The third-order valence-electron chi connectivity index (χ3n) is 6.29. The van der Waals surface area contributed by atoms with Gasteiger partial charge in [0.05, 0.1) is 28.2 Å². The Balaban J connectivity index is 1.50. The van der Waals surface area contributed by atoms with E-state index in [1.165, 1.54) is 29.7 Å². The van der Waals surface area contributed by atoms with Crippen molar-refractivity contribution in [2.75, 3.05) is 13.1 Å². The Bertz CT molecular complexity index is 1240. The topological polar surface area (TPSA) is 67.2 Å². The average Bonchev–Trinajstić information content (AvgIpc) is 3.44. The summed E-state index contributed by atoms with van der Waals surface area (Å²) in [5.74, 6) is -1.55. The van der Waals surface area contributed by atoms with Crippen molar-refractivity contribution in [2.24, 2.45) is 0 Å². The maximum Gasteiger partial charge on any atom is 0.416 e. The molecule has 1 amide bonds. The van der Waals surface area contributed by atoms with Crippen molar-refractivity contribution in [3.8, 4) is 5.69 Å². The van der Waals surface area contributed by atoms with E-state index in [1.54, 1.807) is 13.8 Å². The van der Waals surface area contributed by atoms with Gasteiger partial charge in [-0.2, -0.15) is 18.3 Å². The molecule has 2 heterocycles. The molecule has 1 aliphatic rings. The van der Waals surface area contributed by atoms with Crippen LogP contribution in [0.25, 0.3) is 5.69 Å². The molecule has 6 nitrogen and oxygen atoms in total. The van der Waals surface area contributed by atoms with Gasteiger partial charge >= 0.3 is 6.18 Å². The molecule has 0 saturated carbocycles. The van der Waals surface area contributed by atoms with E-state index in [0.717, 1.165) is 42.9 Å². The molecule has 0 aliphatic carbocycles. The Labute approximate surface area is 201 Å². The molecule has 1 N–H and O–H groups in total. The first-order valence-electron chi connectivity index (χ1n) is 11.5. The zero-order valence-electron chi connectivity index (χ0n) is 19.7. The second-order valence-corrected chi connectivity index (χ2v) is 8.77. The number of benzene rings is 2. The highest BCUT2D eigenvalue weighted by Crippen LogP contribution is 2.31. The fourth-order valence-electron chi connectivity index (χ4n) is 4.47. The number of ketones is 1. The molecule has 0 atom stereocenters. The lowest BCUT2D eigenvalue weighted by Crippen LogP contribution is -2.32. The lowest BCUT2D eigenvalue weighted by Gasteiger charge is -2.17. The summed E-state index contributed by atoms with van der Waals surface area (Å²) in [7, 11) is 0. The van der Waals surface area contributed by atoms with Crippen molar-refractivity contribution < 1.29 is 22.8 Å². The minimum absolute atomic E-state index is 0.0882. The lowest BCUT2D eigenvalue weighted by atomic mass is 10.1. The van der Waals surface area contributed by atoms with Crippen LogP contribution in [-0.2, 0) is 24.1 Å². The zero-order valence-corrected chi connectivity index (χ0v) is 19.7. The number of hydrogen-bond acceptors (Lipinski definition) is 4. The van der Waals surface area contributed by atoms with Crippen molar-refractivity contribution in [3.05, 3.63) is 82.2 Å². The van der Waals surface area contributed by atoms with Crippen molar-refractivity contribution in [3.63, 3.8) is 0 Å². The van der Waals surface area contributed by atoms with Gasteiger partial charge in [0.25, 0.3) is 11.7 Å². The number of amides is 1. The Morgan fingerprint density at radius 3 is 2.37 bits per heavy atom. The van der Waals surface area contributed by atoms with Crippen molar-refractivity contribution >= 4 is 11.7 Å². The first-order valence-corrected chi connectivity index (χ1v) is 11.5. The molecule has 1 aromatic heterocycles. The minimum Gasteiger partial charge on any atom is -0.345 e. The molecule has 3 aromatic rings. The van der Waals surface area contributed by atoms with Crippen LogP contribution in [0.5, 0.6) is 0 Å². The van der Waals surface area contributed by atoms with E-state index in [0.29, 0.717) is 5.69 Å². The Kier molecular flexibility index (Phi) is 7.07. The number of carbonyl (C=O) groups excluding carboxylic acids is 2. The summed E-state index contributed by atoms with van der Waals surface area (Å²) in [5.41, 5.74) is 2.05. The molecule has 184 valence electrons. The van der Waals surface area contributed by atoms with E-state index in [-0.39, 0.29) is 23.5 Å². The number of nitrogens with one attached hydrogen (secondary N) is 1. The molecule has 0 unspecified atom stereocenters. The quantitative estimate of drug-likeness (QED) is 0.393. The number of nitrogens with zero attached hydrogens (tertiary/aromatic N) is 3. The lowest BCUT2D eigenvalue weighted by molar-refractivity contribution is -0.137. The van der Waals surface area contributed by atoms with Crippen molar-refractivity contribution in [1.82, 2.24) is 20.0 Å². The number of likely N-dealkylation sites (tertiary alicyclic amines) is 1. The third kappa shape index (κ3) is 5.45. The second-order valence-electron chi connectivity index (χ2n) is 8.77. The van der Waals surface area contributed by atoms with Gasteiger partial charge in [-0.1, -0.05) is 30.3 Å². The van der Waals surface area contributed by atoms with Crippen molar-refractivity contribution in [1.29, 1.82) is 0 Å². The first-order chi connectivity index (χ1) is 16.6. The maximum absolute atomic E-state index is 13.1. The number of rotatable bonds is 7. The molecule has 0 bridgehead atoms. The van der Waals surface area contributed by atoms with Crippen LogP contribution in [0.15, 0.2) is 48.5 Å². The van der Waals surface area contributed by atoms with E-state index in [1.807, 2.05) is 24.3 Å². The molecule has 4 rings (SSSR count). The number of aryl methyl sites for hydroxylation is 1. The molecule has 0 radical (unpaired) electrons. The molecule has 1 fully saturated rings. The monoisotopic (exact) mass is 484 g/mol. The molecule has 9 heteroatoms. The van der Waals surface area contributed by atoms with Crippen LogP contribution in [0.1, 0.15) is 51.3 Å². The number of aromatic nitrogens is 2. The highest BCUT2D eigenvalue weighted by Gasteiger charge is 2.31. The van der Waals surface area contributed by atoms with E-state index >= 15 is 0 Å². The Morgan fingerprint density at radius 1 is 1.00 bits per heavy atom. The van der Waals surface area contributed by atoms with Gasteiger partial charge in [0.15, 0.2) is 0 Å². The normalized spacial score (nSPS) is 14.3. The van der Waals surface area contributed by atoms with Gasteiger partial charge in [0.2, 0.25) is 0 Å². The zero-order chi connectivity index (χ0) is 25.2. The number of carbonyl (C=O) groups is 2. The van der Waals surface area contributed by atoms with Gasteiger partial charge < -0.3 is 5.32 Å². The van der Waals surface area contributed by atoms with Crippen LogP contribution < -0.4 is 5.32 Å². The molecule has 1 aliphatic heterocycles. The number of Topliss-reactive ketones (excluding diaryl/α,β-unsaturated/α-hetero) is 1. The summed E-state index contributed by atoms with van der Waals surface area (Å²) in [5, 5.41) is 6.94. The van der Waals surface area contributed by atoms with Crippen LogP contribution in [0.4, 0.5) is 13.2 Å². The summed E-state index contributed by atoms with van der Waals surface area (Å²) < 4.78 is 40.7. The van der Waals surface area contributed by atoms with Crippen LogP contribution in [0.2, 0.25) is 0 Å². The van der Waals surface area contributed by atoms with Gasteiger partial charge in [-0.3, -0.25) is 14.5 Å². The Morgan fingerprint density at radius 2 is 1.69 bits per heavy atom. The summed E-state index contributed by atoms with van der Waals surface area (Å²) in [6, 6.07) is 12.5. The number of halogens is 3. The second kappa shape index (κ2) is 10.0. The smallest absolute Gasteiger partial charge is 0.345 e. The van der Waals surface area contributed by atoms with Crippen LogP contribution in [0, 0.1) is 13.8 Å². The third-order valence-corrected chi connectivity index (χ3v) is 6.29. The van der Waals surface area contributed by atoms with Gasteiger partial charge in [-0.05, 0) is 69.1 Å². The summed E-state index contributed by atoms with van der Waals surface area (Å²) >= 11 is 0. The van der Waals surface area contributed by atoms with Crippen LogP contribution in [0.3, 0.4) is 0 Å². The number of alkyl halides is 3. The largest absolute Gasteiger partial charge is 0.416 e.